The van der Waals surface area contributed by atoms with Crippen molar-refractivity contribution in [3.8, 4) is 5.75 Å². The van der Waals surface area contributed by atoms with Gasteiger partial charge >= 0.3 is 0 Å². The minimum absolute atomic E-state index is 0.123. The van der Waals surface area contributed by atoms with Gasteiger partial charge in [-0.2, -0.15) is 4.98 Å². The quantitative estimate of drug-likeness (QED) is 0.675. The minimum atomic E-state index is -1.83. The summed E-state index contributed by atoms with van der Waals surface area (Å²) in [6.07, 6.45) is 3.73. The number of oxazole rings is 1. The topological polar surface area (TPSA) is 106 Å². The van der Waals surface area contributed by atoms with Gasteiger partial charge in [-0.25, -0.2) is 4.39 Å². The molecule has 0 unspecified atom stereocenters. The van der Waals surface area contributed by atoms with Gasteiger partial charge in [0.25, 0.3) is 11.9 Å². The maximum Gasteiger partial charge on any atom is 0.292 e. The first-order valence-electron chi connectivity index (χ1n) is 11.2. The van der Waals surface area contributed by atoms with Crippen molar-refractivity contribution in [1.29, 1.82) is 0 Å². The summed E-state index contributed by atoms with van der Waals surface area (Å²) in [6, 6.07) is 2.07. The molecule has 2 aromatic heterocycles. The van der Waals surface area contributed by atoms with Crippen LogP contribution < -0.4 is 10.5 Å². The first-order chi connectivity index (χ1) is 15.9. The minimum Gasteiger partial charge on any atom is -0.485 e. The number of amides is 1. The van der Waals surface area contributed by atoms with E-state index in [1.807, 2.05) is 11.4 Å². The first-order valence-corrected chi connectivity index (χ1v) is 12.1. The van der Waals surface area contributed by atoms with Crippen molar-refractivity contribution in [2.24, 2.45) is 5.16 Å². The molecule has 2 fully saturated rings. The van der Waals surface area contributed by atoms with Crippen molar-refractivity contribution >= 4 is 29.0 Å². The van der Waals surface area contributed by atoms with E-state index in [-0.39, 0.29) is 18.9 Å². The average Bonchev–Trinajstić information content (AvgIpc) is 3.44. The van der Waals surface area contributed by atoms with Crippen LogP contribution in [-0.2, 0) is 16.2 Å². The molecule has 178 valence electrons. The number of nitrogen functional groups attached to an aromatic ring is 1. The number of carbonyl (C=O) groups excluding carboxylic acids is 1. The monoisotopic (exact) mass is 477 g/mol. The smallest absolute Gasteiger partial charge is 0.292 e. The number of rotatable bonds is 4. The lowest BCUT2D eigenvalue weighted by atomic mass is 9.83. The number of thiophene rings is 1. The molecule has 0 bridgehead atoms. The second-order valence-electron chi connectivity index (χ2n) is 9.01. The fraction of sp³-hybridized carbons (Fsp3) is 0.591. The van der Waals surface area contributed by atoms with Crippen LogP contribution in [0.3, 0.4) is 0 Å². The van der Waals surface area contributed by atoms with E-state index in [1.165, 1.54) is 13.4 Å². The van der Waals surface area contributed by atoms with Crippen molar-refractivity contribution in [3.05, 3.63) is 28.3 Å². The number of nitrogens with two attached hydrogens (primary N) is 1. The van der Waals surface area contributed by atoms with Gasteiger partial charge in [0.15, 0.2) is 5.67 Å². The lowest BCUT2D eigenvalue weighted by Crippen LogP contribution is -2.57. The van der Waals surface area contributed by atoms with Crippen LogP contribution in [0.4, 0.5) is 10.4 Å². The Morgan fingerprint density at radius 2 is 2.06 bits per heavy atom. The SMILES string of the molecule is CON=C1CC2(CCN(C(=O)C3(F)CCN(Cc4coc(N)n4)CC3)CC2)Oc2ccsc21. The summed E-state index contributed by atoms with van der Waals surface area (Å²) in [4.78, 5) is 27.0. The highest BCUT2D eigenvalue weighted by atomic mass is 32.1. The number of carbonyl (C=O) groups is 1. The van der Waals surface area contributed by atoms with Gasteiger partial charge in [0.2, 0.25) is 0 Å². The molecule has 0 atom stereocenters. The summed E-state index contributed by atoms with van der Waals surface area (Å²) in [7, 11) is 1.54. The molecule has 3 aliphatic heterocycles. The Hall–Kier alpha value is -2.66. The summed E-state index contributed by atoms with van der Waals surface area (Å²) in [5.74, 6) is 0.408. The van der Waals surface area contributed by atoms with Crippen molar-refractivity contribution in [2.75, 3.05) is 39.0 Å². The molecule has 9 nitrogen and oxygen atoms in total. The van der Waals surface area contributed by atoms with Crippen LogP contribution in [0.2, 0.25) is 0 Å². The normalized spacial score (nSPS) is 23.3. The molecule has 2 N–H and O–H groups in total. The number of nitrogens with zero attached hydrogens (tertiary/aromatic N) is 4. The maximum atomic E-state index is 15.7. The Morgan fingerprint density at radius 1 is 1.30 bits per heavy atom. The van der Waals surface area contributed by atoms with E-state index in [9.17, 15) is 4.79 Å². The number of hydrogen-bond donors (Lipinski definition) is 1. The van der Waals surface area contributed by atoms with Crippen LogP contribution in [0.15, 0.2) is 27.3 Å². The van der Waals surface area contributed by atoms with Gasteiger partial charge in [-0.05, 0) is 11.4 Å². The molecule has 0 aromatic carbocycles. The fourth-order valence-corrected chi connectivity index (χ4v) is 5.81. The number of anilines is 1. The molecule has 2 saturated heterocycles. The number of hydrogen-bond acceptors (Lipinski definition) is 9. The van der Waals surface area contributed by atoms with Crippen LogP contribution >= 0.6 is 11.3 Å². The highest BCUT2D eigenvalue weighted by Gasteiger charge is 2.48. The largest absolute Gasteiger partial charge is 0.485 e. The standard InChI is InChI=1S/C22H28FN5O4S/c1-30-26-16-12-21(32-17-2-11-33-18(16)17)3-9-28(10-4-21)19(29)22(23)5-7-27(8-6-22)13-15-14-31-20(24)25-15/h2,11,14H,3-10,12-13H2,1H3,(H2,24,25). The zero-order valence-electron chi connectivity index (χ0n) is 18.6. The summed E-state index contributed by atoms with van der Waals surface area (Å²) in [6.45, 7) is 2.42. The van der Waals surface area contributed by atoms with Crippen LogP contribution in [-0.4, -0.2) is 71.0 Å². The number of ether oxygens (including phenoxy) is 1. The van der Waals surface area contributed by atoms with Crippen molar-refractivity contribution in [2.45, 2.75) is 49.9 Å². The van der Waals surface area contributed by atoms with Crippen LogP contribution in [0.5, 0.6) is 5.75 Å². The highest BCUT2D eigenvalue weighted by molar-refractivity contribution is 7.12. The van der Waals surface area contributed by atoms with Crippen molar-refractivity contribution < 1.29 is 23.2 Å². The predicted octanol–water partition coefficient (Wildman–Crippen LogP) is 2.82. The molecule has 2 aromatic rings. The second kappa shape index (κ2) is 8.60. The number of aromatic nitrogens is 1. The average molecular weight is 478 g/mol. The van der Waals surface area contributed by atoms with E-state index in [2.05, 4.69) is 15.0 Å². The fourth-order valence-electron chi connectivity index (χ4n) is 5.01. The van der Waals surface area contributed by atoms with Gasteiger partial charge in [-0.1, -0.05) is 5.16 Å². The third-order valence-corrected chi connectivity index (χ3v) is 7.80. The van der Waals surface area contributed by atoms with Crippen LogP contribution in [0, 0.1) is 0 Å². The van der Waals surface area contributed by atoms with Gasteiger partial charge in [0.1, 0.15) is 30.4 Å². The number of alkyl halides is 1. The number of fused-ring (bicyclic) bond motifs is 1. The van der Waals surface area contributed by atoms with E-state index in [0.717, 1.165) is 16.3 Å². The van der Waals surface area contributed by atoms with E-state index in [1.54, 1.807) is 16.2 Å². The molecule has 3 aliphatic rings. The second-order valence-corrected chi connectivity index (χ2v) is 9.92. The molecule has 11 heteroatoms. The lowest BCUT2D eigenvalue weighted by Gasteiger charge is -2.45. The molecule has 0 saturated carbocycles. The number of halogens is 1. The Balaban J connectivity index is 1.18. The van der Waals surface area contributed by atoms with Crippen molar-refractivity contribution in [1.82, 2.24) is 14.8 Å². The Kier molecular flexibility index (Phi) is 5.77. The van der Waals surface area contributed by atoms with Crippen LogP contribution in [0.1, 0.15) is 42.7 Å². The first kappa shape index (κ1) is 22.1. The maximum absolute atomic E-state index is 15.7. The Morgan fingerprint density at radius 3 is 2.73 bits per heavy atom. The summed E-state index contributed by atoms with van der Waals surface area (Å²) < 4.78 is 27.1. The van der Waals surface area contributed by atoms with E-state index in [4.69, 9.17) is 19.7 Å². The zero-order valence-corrected chi connectivity index (χ0v) is 19.4. The molecule has 5 rings (SSSR count). The zero-order chi connectivity index (χ0) is 23.1. The van der Waals surface area contributed by atoms with E-state index in [0.29, 0.717) is 57.7 Å². The summed E-state index contributed by atoms with van der Waals surface area (Å²) in [5, 5.41) is 6.18. The van der Waals surface area contributed by atoms with Gasteiger partial charge in [0.05, 0.1) is 10.6 Å². The summed E-state index contributed by atoms with van der Waals surface area (Å²) >= 11 is 1.58. The third kappa shape index (κ3) is 4.31. The van der Waals surface area contributed by atoms with Gasteiger partial charge < -0.3 is 24.6 Å². The van der Waals surface area contributed by atoms with Crippen LogP contribution in [0.25, 0.3) is 0 Å². The van der Waals surface area contributed by atoms with Gasteiger partial charge in [-0.3, -0.25) is 9.69 Å². The van der Waals surface area contributed by atoms with E-state index < -0.39 is 17.2 Å². The lowest BCUT2D eigenvalue weighted by molar-refractivity contribution is -0.151. The Bertz CT molecular complexity index is 1040. The highest BCUT2D eigenvalue weighted by Crippen LogP contribution is 2.42. The number of likely N-dealkylation sites (tertiary alicyclic amines) is 2. The molecular weight excluding hydrogens is 449 g/mol. The number of oxime groups is 1. The van der Waals surface area contributed by atoms with Gasteiger partial charge in [-0.15, -0.1) is 11.3 Å². The summed E-state index contributed by atoms with van der Waals surface area (Å²) in [5.41, 5.74) is 4.83. The van der Waals surface area contributed by atoms with Crippen molar-refractivity contribution in [3.63, 3.8) is 0 Å². The Labute approximate surface area is 195 Å². The van der Waals surface area contributed by atoms with Gasteiger partial charge in [0, 0.05) is 64.8 Å². The molecule has 0 aliphatic carbocycles. The number of piperidine rings is 2. The molecule has 5 heterocycles. The molecule has 1 spiro atoms. The molecule has 1 amide bonds. The molecule has 0 radical (unpaired) electrons. The van der Waals surface area contributed by atoms with E-state index >= 15 is 4.39 Å². The third-order valence-electron chi connectivity index (χ3n) is 6.86. The predicted molar refractivity (Wildman–Crippen MR) is 121 cm³/mol. The molecule has 33 heavy (non-hydrogen) atoms. The molecular formula is C22H28FN5O4S.